The lowest BCUT2D eigenvalue weighted by atomic mass is 9.97. The Morgan fingerprint density at radius 2 is 1.72 bits per heavy atom. The monoisotopic (exact) mass is 266 g/mol. The highest BCUT2D eigenvalue weighted by Crippen LogP contribution is 2.42. The third-order valence-corrected chi connectivity index (χ3v) is 4.51. The molecule has 1 saturated carbocycles. The number of rotatable bonds is 2. The predicted molar refractivity (Wildman–Crippen MR) is 72.6 cm³/mol. The zero-order valence-corrected chi connectivity index (χ0v) is 11.3. The molecule has 18 heavy (non-hydrogen) atoms. The molecule has 1 aliphatic carbocycles. The van der Waals surface area contributed by atoms with Crippen molar-refractivity contribution in [3.63, 3.8) is 0 Å². The lowest BCUT2D eigenvalue weighted by molar-refractivity contribution is 0.297. The van der Waals surface area contributed by atoms with Crippen LogP contribution in [0.2, 0.25) is 0 Å². The topological polar surface area (TPSA) is 18.5 Å². The summed E-state index contributed by atoms with van der Waals surface area (Å²) in [4.78, 5) is 0. The van der Waals surface area contributed by atoms with Gasteiger partial charge in [-0.2, -0.15) is 0 Å². The van der Waals surface area contributed by atoms with Crippen LogP contribution in [0.4, 0.5) is 0 Å². The molecule has 2 nitrogen and oxygen atoms in total. The molecule has 1 unspecified atom stereocenters. The number of hydrogen-bond acceptors (Lipinski definition) is 2. The lowest BCUT2D eigenvalue weighted by Gasteiger charge is -2.18. The van der Waals surface area contributed by atoms with Crippen molar-refractivity contribution < 1.29 is 9.47 Å². The van der Waals surface area contributed by atoms with Gasteiger partial charge in [-0.15, -0.1) is 11.6 Å². The second kappa shape index (κ2) is 5.40. The molecule has 98 valence electrons. The first-order valence-electron chi connectivity index (χ1n) is 6.88. The van der Waals surface area contributed by atoms with Crippen LogP contribution in [0.1, 0.15) is 43.0 Å². The van der Waals surface area contributed by atoms with Crippen LogP contribution in [0.5, 0.6) is 11.5 Å². The van der Waals surface area contributed by atoms with Gasteiger partial charge in [0.1, 0.15) is 0 Å². The molecular formula is C15H19ClO2. The fourth-order valence-electron chi connectivity index (χ4n) is 2.87. The quantitative estimate of drug-likeness (QED) is 0.743. The zero-order chi connectivity index (χ0) is 12.4. The van der Waals surface area contributed by atoms with Gasteiger partial charge < -0.3 is 9.47 Å². The van der Waals surface area contributed by atoms with Crippen molar-refractivity contribution in [1.29, 1.82) is 0 Å². The van der Waals surface area contributed by atoms with Gasteiger partial charge in [-0.1, -0.05) is 18.9 Å². The van der Waals surface area contributed by atoms with Gasteiger partial charge in [-0.05, 0) is 36.5 Å². The van der Waals surface area contributed by atoms with Crippen LogP contribution in [-0.2, 0) is 0 Å². The van der Waals surface area contributed by atoms with E-state index in [9.17, 15) is 0 Å². The summed E-state index contributed by atoms with van der Waals surface area (Å²) in [5.41, 5.74) is 1.17. The molecule has 0 N–H and O–H groups in total. The van der Waals surface area contributed by atoms with Crippen LogP contribution in [0, 0.1) is 5.92 Å². The van der Waals surface area contributed by atoms with Crippen LogP contribution < -0.4 is 9.47 Å². The van der Waals surface area contributed by atoms with Crippen molar-refractivity contribution in [3.8, 4) is 11.5 Å². The van der Waals surface area contributed by atoms with Gasteiger partial charge in [-0.25, -0.2) is 0 Å². The summed E-state index contributed by atoms with van der Waals surface area (Å²) >= 11 is 6.60. The molecule has 0 bridgehead atoms. The Bertz CT molecular complexity index is 413. The maximum absolute atomic E-state index is 6.60. The molecule has 0 radical (unpaired) electrons. The summed E-state index contributed by atoms with van der Waals surface area (Å²) in [5.74, 6) is 2.33. The van der Waals surface area contributed by atoms with Gasteiger partial charge in [-0.3, -0.25) is 0 Å². The Balaban J connectivity index is 1.82. The van der Waals surface area contributed by atoms with E-state index in [1.54, 1.807) is 0 Å². The first-order valence-corrected chi connectivity index (χ1v) is 7.32. The molecule has 0 amide bonds. The average molecular weight is 267 g/mol. The number of halogens is 1. The minimum absolute atomic E-state index is 0.115. The normalized spacial score (nSPS) is 21.6. The number of benzene rings is 1. The van der Waals surface area contributed by atoms with Crippen LogP contribution in [0.3, 0.4) is 0 Å². The van der Waals surface area contributed by atoms with E-state index in [0.29, 0.717) is 5.92 Å². The summed E-state index contributed by atoms with van der Waals surface area (Å²) in [6.07, 6.45) is 6.08. The van der Waals surface area contributed by atoms with E-state index in [1.807, 2.05) is 6.07 Å². The third kappa shape index (κ3) is 2.44. The largest absolute Gasteiger partial charge is 0.490 e. The summed E-state index contributed by atoms with van der Waals surface area (Å²) in [7, 11) is 0. The number of hydrogen-bond donors (Lipinski definition) is 0. The molecule has 3 heteroatoms. The highest BCUT2D eigenvalue weighted by Gasteiger charge is 2.25. The Morgan fingerprint density at radius 3 is 2.50 bits per heavy atom. The number of alkyl halides is 1. The summed E-state index contributed by atoms with van der Waals surface area (Å²) in [5, 5.41) is 0.115. The van der Waals surface area contributed by atoms with Crippen LogP contribution in [-0.4, -0.2) is 13.2 Å². The Kier molecular flexibility index (Phi) is 3.64. The molecule has 1 heterocycles. The van der Waals surface area contributed by atoms with Crippen LogP contribution in [0.25, 0.3) is 0 Å². The van der Waals surface area contributed by atoms with Gasteiger partial charge in [0.2, 0.25) is 0 Å². The first kappa shape index (κ1) is 12.2. The number of fused-ring (bicyclic) bond motifs is 1. The van der Waals surface area contributed by atoms with E-state index < -0.39 is 0 Å². The van der Waals surface area contributed by atoms with Crippen molar-refractivity contribution >= 4 is 11.6 Å². The molecule has 1 aromatic carbocycles. The molecule has 1 aromatic rings. The van der Waals surface area contributed by atoms with Crippen molar-refractivity contribution in [2.45, 2.75) is 37.5 Å². The smallest absolute Gasteiger partial charge is 0.161 e. The SMILES string of the molecule is ClC(c1ccc2c(c1)OCCCO2)C1CCCC1. The predicted octanol–water partition coefficient (Wildman–Crippen LogP) is 4.32. The van der Waals surface area contributed by atoms with Crippen molar-refractivity contribution in [1.82, 2.24) is 0 Å². The Morgan fingerprint density at radius 1 is 1.00 bits per heavy atom. The maximum Gasteiger partial charge on any atom is 0.161 e. The van der Waals surface area contributed by atoms with E-state index >= 15 is 0 Å². The minimum atomic E-state index is 0.115. The van der Waals surface area contributed by atoms with E-state index in [-0.39, 0.29) is 5.38 Å². The molecular weight excluding hydrogens is 248 g/mol. The molecule has 0 spiro atoms. The second-order valence-electron chi connectivity index (χ2n) is 5.20. The fourth-order valence-corrected chi connectivity index (χ4v) is 3.26. The van der Waals surface area contributed by atoms with E-state index in [0.717, 1.165) is 31.1 Å². The molecule has 0 saturated heterocycles. The van der Waals surface area contributed by atoms with Crippen LogP contribution in [0.15, 0.2) is 18.2 Å². The summed E-state index contributed by atoms with van der Waals surface area (Å²) in [6, 6.07) is 6.15. The average Bonchev–Trinajstić information content (AvgIpc) is 2.83. The summed E-state index contributed by atoms with van der Waals surface area (Å²) in [6.45, 7) is 1.46. The number of ether oxygens (including phenoxy) is 2. The van der Waals surface area contributed by atoms with Gasteiger partial charge >= 0.3 is 0 Å². The Labute approximate surface area is 113 Å². The lowest BCUT2D eigenvalue weighted by Crippen LogP contribution is -2.04. The van der Waals surface area contributed by atoms with Crippen molar-refractivity contribution in [3.05, 3.63) is 23.8 Å². The molecule has 0 aromatic heterocycles. The van der Waals surface area contributed by atoms with Gasteiger partial charge in [0, 0.05) is 6.42 Å². The zero-order valence-electron chi connectivity index (χ0n) is 10.5. The van der Waals surface area contributed by atoms with E-state index in [4.69, 9.17) is 21.1 Å². The van der Waals surface area contributed by atoms with Crippen molar-refractivity contribution in [2.75, 3.05) is 13.2 Å². The molecule has 1 atom stereocenters. The molecule has 1 fully saturated rings. The molecule has 2 aliphatic rings. The highest BCUT2D eigenvalue weighted by atomic mass is 35.5. The minimum Gasteiger partial charge on any atom is -0.490 e. The third-order valence-electron chi connectivity index (χ3n) is 3.90. The highest BCUT2D eigenvalue weighted by molar-refractivity contribution is 6.21. The fraction of sp³-hybridized carbons (Fsp3) is 0.600. The van der Waals surface area contributed by atoms with Crippen molar-refractivity contribution in [2.24, 2.45) is 5.92 Å². The van der Waals surface area contributed by atoms with Gasteiger partial charge in [0.05, 0.1) is 18.6 Å². The summed E-state index contributed by atoms with van der Waals surface area (Å²) < 4.78 is 11.4. The molecule has 1 aliphatic heterocycles. The van der Waals surface area contributed by atoms with E-state index in [2.05, 4.69) is 12.1 Å². The molecule has 3 rings (SSSR count). The maximum atomic E-state index is 6.60. The first-order chi connectivity index (χ1) is 8.84. The van der Waals surface area contributed by atoms with E-state index in [1.165, 1.54) is 31.2 Å². The van der Waals surface area contributed by atoms with Crippen LogP contribution >= 0.6 is 11.6 Å². The van der Waals surface area contributed by atoms with Gasteiger partial charge in [0.25, 0.3) is 0 Å². The standard InChI is InChI=1S/C15H19ClO2/c16-15(11-4-1-2-5-11)12-6-7-13-14(10-12)18-9-3-8-17-13/h6-7,10-11,15H,1-5,8-9H2. The second-order valence-corrected chi connectivity index (χ2v) is 5.67. The Hall–Kier alpha value is -0.890. The van der Waals surface area contributed by atoms with Gasteiger partial charge in [0.15, 0.2) is 11.5 Å².